The number of likely N-dealkylation sites (tertiary alicyclic amines) is 1. The summed E-state index contributed by atoms with van der Waals surface area (Å²) in [5.41, 5.74) is 0. The van der Waals surface area contributed by atoms with Crippen LogP contribution in [0.15, 0.2) is 12.7 Å². The van der Waals surface area contributed by atoms with Crippen LogP contribution in [-0.2, 0) is 4.79 Å². The zero-order valence-electron chi connectivity index (χ0n) is 15.0. The van der Waals surface area contributed by atoms with Crippen LogP contribution in [-0.4, -0.2) is 65.3 Å². The summed E-state index contributed by atoms with van der Waals surface area (Å²) in [6.45, 7) is 2.59. The van der Waals surface area contributed by atoms with Crippen molar-refractivity contribution in [1.29, 1.82) is 0 Å². The van der Waals surface area contributed by atoms with E-state index >= 15 is 0 Å². The summed E-state index contributed by atoms with van der Waals surface area (Å²) in [7, 11) is 0. The molecule has 1 rings (SSSR count). The summed E-state index contributed by atoms with van der Waals surface area (Å²) >= 11 is 0. The normalized spacial score (nSPS) is 24.8. The Morgan fingerprint density at radius 1 is 0.867 bits per heavy atom. The first kappa shape index (κ1) is 26.5. The molecule has 1 amide bonds. The molecule has 0 bridgehead atoms. The number of hydrogen-bond donors (Lipinski definition) is 0. The van der Waals surface area contributed by atoms with Crippen LogP contribution in [0.3, 0.4) is 0 Å². The smallest absolute Gasteiger partial charge is 0.249 e. The lowest BCUT2D eigenvalue weighted by Crippen LogP contribution is -2.74. The predicted octanol–water partition coefficient (Wildman–Crippen LogP) is 5.44. The van der Waals surface area contributed by atoms with Gasteiger partial charge >= 0.3 is 41.7 Å². The van der Waals surface area contributed by atoms with Gasteiger partial charge in [0.05, 0.1) is 13.1 Å². The molecule has 0 aromatic rings. The van der Waals surface area contributed by atoms with Gasteiger partial charge in [-0.1, -0.05) is 6.58 Å². The number of amides is 1. The van der Waals surface area contributed by atoms with Crippen molar-refractivity contribution < 1.29 is 66.4 Å². The van der Waals surface area contributed by atoms with E-state index in [-0.39, 0.29) is 0 Å². The van der Waals surface area contributed by atoms with E-state index in [9.17, 15) is 61.9 Å². The minimum absolute atomic E-state index is 0.389. The van der Waals surface area contributed by atoms with Crippen LogP contribution in [0.1, 0.15) is 19.8 Å². The van der Waals surface area contributed by atoms with Crippen LogP contribution in [0, 0.1) is 0 Å². The summed E-state index contributed by atoms with van der Waals surface area (Å²) < 4.78 is 172. The zero-order chi connectivity index (χ0) is 24.2. The van der Waals surface area contributed by atoms with E-state index < -0.39 is 78.2 Å². The van der Waals surface area contributed by atoms with Gasteiger partial charge in [-0.25, -0.2) is 9.28 Å². The Morgan fingerprint density at radius 2 is 1.30 bits per heavy atom. The lowest BCUT2D eigenvalue weighted by atomic mass is 9.89. The molecular formula is C15H15F13NO+. The van der Waals surface area contributed by atoms with Crippen LogP contribution in [0.5, 0.6) is 0 Å². The quantitative estimate of drug-likeness (QED) is 0.274. The lowest BCUT2D eigenvalue weighted by Gasteiger charge is -2.44. The molecule has 2 unspecified atom stereocenters. The van der Waals surface area contributed by atoms with Crippen molar-refractivity contribution in [2.75, 3.05) is 13.1 Å². The number of hydrogen-bond acceptors (Lipinski definition) is 1. The fourth-order valence-corrected chi connectivity index (χ4v) is 3.43. The largest absolute Gasteiger partial charge is 0.460 e. The average Bonchev–Trinajstić information content (AvgIpc) is 3.05. The third-order valence-electron chi connectivity index (χ3n) is 5.19. The standard InChI is InChI=1S/C15H15F13NO/c1-3-9(30)29(4-2)7-5-6-8(29)10(16,17)11(18,19)12(20,21)13(22,23)14(24,25)15(26,27)28/h3,8H,1,4-7H2,2H3/q+1. The van der Waals surface area contributed by atoms with E-state index in [0.29, 0.717) is 6.08 Å². The first-order chi connectivity index (χ1) is 13.1. The van der Waals surface area contributed by atoms with Crippen LogP contribution < -0.4 is 0 Å². The molecule has 0 aliphatic carbocycles. The van der Waals surface area contributed by atoms with E-state index in [1.807, 2.05) is 0 Å². The molecule has 0 radical (unpaired) electrons. The topological polar surface area (TPSA) is 17.1 Å². The molecule has 1 fully saturated rings. The fourth-order valence-electron chi connectivity index (χ4n) is 3.43. The van der Waals surface area contributed by atoms with Crippen molar-refractivity contribution >= 4 is 5.91 Å². The molecule has 1 aliphatic heterocycles. The number of alkyl halides is 13. The Labute approximate surface area is 160 Å². The Kier molecular flexibility index (Phi) is 6.41. The van der Waals surface area contributed by atoms with E-state index in [2.05, 4.69) is 6.58 Å². The van der Waals surface area contributed by atoms with E-state index in [1.165, 1.54) is 0 Å². The van der Waals surface area contributed by atoms with Gasteiger partial charge in [-0.3, -0.25) is 0 Å². The maximum Gasteiger partial charge on any atom is 0.460 e. The molecule has 0 aromatic heterocycles. The van der Waals surface area contributed by atoms with Crippen molar-refractivity contribution in [2.24, 2.45) is 0 Å². The fraction of sp³-hybridized carbons (Fsp3) is 0.800. The third-order valence-corrected chi connectivity index (χ3v) is 5.19. The summed E-state index contributed by atoms with van der Waals surface area (Å²) in [6.07, 6.45) is -8.63. The Balaban J connectivity index is 3.64. The Morgan fingerprint density at radius 3 is 1.67 bits per heavy atom. The molecule has 0 saturated carbocycles. The summed E-state index contributed by atoms with van der Waals surface area (Å²) in [4.78, 5) is 12.0. The van der Waals surface area contributed by atoms with Crippen molar-refractivity contribution in [1.82, 2.24) is 0 Å². The number of rotatable bonds is 7. The monoisotopic (exact) mass is 472 g/mol. The SMILES string of the molecule is C=CC(=O)[N+]1(CC)CCCC1C(F)(F)C(F)(F)C(F)(F)C(F)(F)C(F)(F)C(F)(F)F. The van der Waals surface area contributed by atoms with Gasteiger partial charge in [-0.15, -0.1) is 0 Å². The van der Waals surface area contributed by atoms with Gasteiger partial charge in [0.2, 0.25) is 0 Å². The third kappa shape index (κ3) is 3.18. The van der Waals surface area contributed by atoms with Gasteiger partial charge in [0, 0.05) is 18.9 Å². The summed E-state index contributed by atoms with van der Waals surface area (Å²) in [5.74, 6) is -38.6. The number of carbonyl (C=O) groups excluding carboxylic acids is 1. The number of quaternary nitrogens is 1. The maximum atomic E-state index is 14.5. The van der Waals surface area contributed by atoms with E-state index in [4.69, 9.17) is 0 Å². The molecule has 1 heterocycles. The second-order valence-electron chi connectivity index (χ2n) is 6.69. The van der Waals surface area contributed by atoms with Gasteiger partial charge in [-0.2, -0.15) is 57.1 Å². The highest BCUT2D eigenvalue weighted by Crippen LogP contribution is 2.61. The second kappa shape index (κ2) is 7.26. The maximum absolute atomic E-state index is 14.5. The highest BCUT2D eigenvalue weighted by Gasteiger charge is 2.92. The van der Waals surface area contributed by atoms with Crippen LogP contribution in [0.25, 0.3) is 0 Å². The number of carbonyl (C=O) groups is 1. The lowest BCUT2D eigenvalue weighted by molar-refractivity contribution is -0.874. The number of halogens is 13. The van der Waals surface area contributed by atoms with Crippen LogP contribution >= 0.6 is 0 Å². The average molecular weight is 472 g/mol. The minimum atomic E-state index is -7.95. The predicted molar refractivity (Wildman–Crippen MR) is 74.7 cm³/mol. The van der Waals surface area contributed by atoms with Gasteiger partial charge in [-0.05, 0) is 6.92 Å². The Bertz CT molecular complexity index is 685. The van der Waals surface area contributed by atoms with E-state index in [1.54, 1.807) is 0 Å². The van der Waals surface area contributed by atoms with Crippen molar-refractivity contribution in [2.45, 2.75) is 61.6 Å². The van der Waals surface area contributed by atoms with Crippen molar-refractivity contribution in [3.05, 3.63) is 12.7 Å². The first-order valence-corrected chi connectivity index (χ1v) is 8.13. The molecule has 1 saturated heterocycles. The van der Waals surface area contributed by atoms with Gasteiger partial charge < -0.3 is 0 Å². The molecule has 1 aliphatic rings. The van der Waals surface area contributed by atoms with Crippen molar-refractivity contribution in [3.8, 4) is 0 Å². The highest BCUT2D eigenvalue weighted by molar-refractivity contribution is 5.81. The molecule has 2 nitrogen and oxygen atoms in total. The highest BCUT2D eigenvalue weighted by atomic mass is 19.4. The number of likely N-dealkylation sites (N-methyl/N-ethyl adjacent to an activating group) is 1. The van der Waals surface area contributed by atoms with E-state index in [0.717, 1.165) is 6.92 Å². The van der Waals surface area contributed by atoms with Crippen LogP contribution in [0.4, 0.5) is 57.1 Å². The molecular weight excluding hydrogens is 457 g/mol. The second-order valence-corrected chi connectivity index (χ2v) is 6.69. The molecule has 0 spiro atoms. The molecule has 176 valence electrons. The first-order valence-electron chi connectivity index (χ1n) is 8.13. The summed E-state index contributed by atoms with van der Waals surface area (Å²) in [5, 5.41) is 0. The number of nitrogens with zero attached hydrogens (tertiary/aromatic N) is 1. The van der Waals surface area contributed by atoms with Gasteiger partial charge in [0.15, 0.2) is 6.04 Å². The molecule has 2 atom stereocenters. The molecule has 15 heteroatoms. The van der Waals surface area contributed by atoms with Gasteiger partial charge in [0.25, 0.3) is 0 Å². The molecule has 0 aromatic carbocycles. The minimum Gasteiger partial charge on any atom is -0.249 e. The molecule has 0 N–H and O–H groups in total. The zero-order valence-corrected chi connectivity index (χ0v) is 15.0. The Hall–Kier alpha value is -1.54. The molecule has 30 heavy (non-hydrogen) atoms. The van der Waals surface area contributed by atoms with Crippen LogP contribution in [0.2, 0.25) is 0 Å². The van der Waals surface area contributed by atoms with Crippen molar-refractivity contribution in [3.63, 3.8) is 0 Å². The van der Waals surface area contributed by atoms with Gasteiger partial charge in [0.1, 0.15) is 0 Å². The summed E-state index contributed by atoms with van der Waals surface area (Å²) in [6, 6.07) is -3.11.